The molecule has 14 aromatic rings. The van der Waals surface area contributed by atoms with Gasteiger partial charge in [-0.25, -0.2) is 0 Å². The average molecular weight is 837 g/mol. The van der Waals surface area contributed by atoms with E-state index in [4.69, 9.17) is 0 Å². The van der Waals surface area contributed by atoms with Gasteiger partial charge in [-0.05, 0) is 185 Å². The minimum atomic E-state index is 1.28. The van der Waals surface area contributed by atoms with Crippen LogP contribution in [0.5, 0.6) is 0 Å². The van der Waals surface area contributed by atoms with Crippen LogP contribution in [0.2, 0.25) is 0 Å². The molecular formula is C66H44. The van der Waals surface area contributed by atoms with Crippen LogP contribution in [0.1, 0.15) is 11.1 Å². The molecular weight excluding hydrogens is 793 g/mol. The largest absolute Gasteiger partial charge is 0.0616 e. The molecule has 14 aromatic carbocycles. The topological polar surface area (TPSA) is 0 Å². The molecule has 0 heterocycles. The molecule has 0 spiro atoms. The zero-order chi connectivity index (χ0) is 43.9. The van der Waals surface area contributed by atoms with Gasteiger partial charge in [0.15, 0.2) is 0 Å². The van der Waals surface area contributed by atoms with E-state index in [9.17, 15) is 0 Å². The molecule has 0 N–H and O–H groups in total. The number of rotatable bonds is 2. The predicted octanol–water partition coefficient (Wildman–Crippen LogP) is 18.9. The molecule has 0 amide bonds. The second-order valence-electron chi connectivity index (χ2n) is 18.0. The van der Waals surface area contributed by atoms with E-state index in [1.165, 1.54) is 141 Å². The maximum Gasteiger partial charge on any atom is -0.00202 e. The lowest BCUT2D eigenvalue weighted by Crippen LogP contribution is -1.91. The Kier molecular flexibility index (Phi) is 8.76. The van der Waals surface area contributed by atoms with Crippen LogP contribution >= 0.6 is 0 Å². The second-order valence-corrected chi connectivity index (χ2v) is 18.0. The van der Waals surface area contributed by atoms with Gasteiger partial charge in [0, 0.05) is 0 Å². The standard InChI is InChI=1S/2C33H22/c1-21-25-12-4-8-16-29(25)33(30-17-9-5-13-26(21)30)32-20-24-18-22-10-2-3-11-23(22)19-31(24)27-14-6-7-15-28(27)32;1-21-25-11-4-6-13-29(25)33(30-14-7-5-12-26(21)30)31-16-8-15-27-28(31)18-17-24-19-22-9-2-3-10-23(22)20-32(24)27/h2*2-20H,1H3. The Morgan fingerprint density at radius 2 is 0.515 bits per heavy atom. The quantitative estimate of drug-likeness (QED) is 0.120. The monoisotopic (exact) mass is 836 g/mol. The van der Waals surface area contributed by atoms with Crippen LogP contribution in [0.25, 0.3) is 130 Å². The molecule has 0 bridgehead atoms. The molecule has 14 rings (SSSR count). The van der Waals surface area contributed by atoms with Crippen molar-refractivity contribution >= 4 is 108 Å². The lowest BCUT2D eigenvalue weighted by molar-refractivity contribution is 1.58. The van der Waals surface area contributed by atoms with Crippen molar-refractivity contribution in [1.29, 1.82) is 0 Å². The van der Waals surface area contributed by atoms with E-state index >= 15 is 0 Å². The summed E-state index contributed by atoms with van der Waals surface area (Å²) in [4.78, 5) is 0. The first-order valence-corrected chi connectivity index (χ1v) is 23.1. The van der Waals surface area contributed by atoms with Crippen molar-refractivity contribution in [3.63, 3.8) is 0 Å². The molecule has 0 aliphatic heterocycles. The van der Waals surface area contributed by atoms with Gasteiger partial charge in [-0.1, -0.05) is 200 Å². The fourth-order valence-electron chi connectivity index (χ4n) is 11.3. The van der Waals surface area contributed by atoms with E-state index in [0.717, 1.165) is 0 Å². The molecule has 0 heteroatoms. The normalized spacial score (nSPS) is 11.8. The molecule has 66 heavy (non-hydrogen) atoms. The highest BCUT2D eigenvalue weighted by atomic mass is 14.2. The van der Waals surface area contributed by atoms with Gasteiger partial charge in [0.2, 0.25) is 0 Å². The molecule has 0 fully saturated rings. The van der Waals surface area contributed by atoms with Crippen molar-refractivity contribution in [1.82, 2.24) is 0 Å². The van der Waals surface area contributed by atoms with Crippen molar-refractivity contribution in [2.75, 3.05) is 0 Å². The summed E-state index contributed by atoms with van der Waals surface area (Å²) in [5.41, 5.74) is 7.97. The van der Waals surface area contributed by atoms with Gasteiger partial charge < -0.3 is 0 Å². The molecule has 0 saturated heterocycles. The van der Waals surface area contributed by atoms with Gasteiger partial charge in [-0.15, -0.1) is 0 Å². The Hall–Kier alpha value is -8.32. The van der Waals surface area contributed by atoms with Crippen LogP contribution in [0, 0.1) is 13.8 Å². The van der Waals surface area contributed by atoms with Gasteiger partial charge in [0.05, 0.1) is 0 Å². The number of benzene rings is 14. The lowest BCUT2D eigenvalue weighted by atomic mass is 9.85. The molecule has 0 unspecified atom stereocenters. The first kappa shape index (κ1) is 38.2. The molecule has 0 aliphatic carbocycles. The Balaban J connectivity index is 0.000000132. The maximum absolute atomic E-state index is 2.41. The first-order valence-electron chi connectivity index (χ1n) is 23.1. The molecule has 308 valence electrons. The number of hydrogen-bond acceptors (Lipinski definition) is 0. The van der Waals surface area contributed by atoms with E-state index in [1.807, 2.05) is 0 Å². The number of hydrogen-bond donors (Lipinski definition) is 0. The summed E-state index contributed by atoms with van der Waals surface area (Å²) in [7, 11) is 0. The summed E-state index contributed by atoms with van der Waals surface area (Å²) >= 11 is 0. The van der Waals surface area contributed by atoms with Gasteiger partial charge in [-0.3, -0.25) is 0 Å². The predicted molar refractivity (Wildman–Crippen MR) is 288 cm³/mol. The van der Waals surface area contributed by atoms with E-state index in [2.05, 4.69) is 244 Å². The summed E-state index contributed by atoms with van der Waals surface area (Å²) in [5, 5.41) is 26.2. The molecule has 0 aromatic heterocycles. The van der Waals surface area contributed by atoms with Crippen LogP contribution in [0.15, 0.2) is 231 Å². The minimum Gasteiger partial charge on any atom is -0.0616 e. The minimum absolute atomic E-state index is 1.28. The summed E-state index contributed by atoms with van der Waals surface area (Å²) in [6, 6.07) is 84.7. The molecule has 0 nitrogen and oxygen atoms in total. The second kappa shape index (κ2) is 15.2. The van der Waals surface area contributed by atoms with E-state index in [1.54, 1.807) is 0 Å². The fraction of sp³-hybridized carbons (Fsp3) is 0.0303. The van der Waals surface area contributed by atoms with Gasteiger partial charge in [-0.2, -0.15) is 0 Å². The summed E-state index contributed by atoms with van der Waals surface area (Å²) < 4.78 is 0. The Bertz CT molecular complexity index is 4150. The Morgan fingerprint density at radius 3 is 1.00 bits per heavy atom. The third kappa shape index (κ3) is 5.92. The van der Waals surface area contributed by atoms with Crippen LogP contribution in [0.3, 0.4) is 0 Å². The lowest BCUT2D eigenvalue weighted by Gasteiger charge is -2.18. The zero-order valence-corrected chi connectivity index (χ0v) is 36.9. The zero-order valence-electron chi connectivity index (χ0n) is 36.9. The van der Waals surface area contributed by atoms with Crippen LogP contribution in [0.4, 0.5) is 0 Å². The van der Waals surface area contributed by atoms with E-state index < -0.39 is 0 Å². The summed E-state index contributed by atoms with van der Waals surface area (Å²) in [6.45, 7) is 4.50. The van der Waals surface area contributed by atoms with Crippen molar-refractivity contribution in [2.45, 2.75) is 13.8 Å². The fourth-order valence-corrected chi connectivity index (χ4v) is 11.3. The number of fused-ring (bicyclic) bond motifs is 12. The van der Waals surface area contributed by atoms with Crippen molar-refractivity contribution in [3.05, 3.63) is 242 Å². The van der Waals surface area contributed by atoms with Crippen molar-refractivity contribution in [3.8, 4) is 22.3 Å². The Labute approximate surface area is 383 Å². The van der Waals surface area contributed by atoms with E-state index in [-0.39, 0.29) is 0 Å². The molecule has 0 radical (unpaired) electrons. The third-order valence-electron chi connectivity index (χ3n) is 14.4. The van der Waals surface area contributed by atoms with Gasteiger partial charge >= 0.3 is 0 Å². The van der Waals surface area contributed by atoms with Gasteiger partial charge in [0.1, 0.15) is 0 Å². The molecule has 0 atom stereocenters. The van der Waals surface area contributed by atoms with Gasteiger partial charge in [0.25, 0.3) is 0 Å². The third-order valence-corrected chi connectivity index (χ3v) is 14.4. The van der Waals surface area contributed by atoms with Crippen LogP contribution < -0.4 is 0 Å². The van der Waals surface area contributed by atoms with Crippen molar-refractivity contribution < 1.29 is 0 Å². The van der Waals surface area contributed by atoms with E-state index in [0.29, 0.717) is 0 Å². The summed E-state index contributed by atoms with van der Waals surface area (Å²) in [5.74, 6) is 0. The highest BCUT2D eigenvalue weighted by Gasteiger charge is 2.18. The Morgan fingerprint density at radius 1 is 0.182 bits per heavy atom. The van der Waals surface area contributed by atoms with Crippen molar-refractivity contribution in [2.24, 2.45) is 0 Å². The highest BCUT2D eigenvalue weighted by Crippen LogP contribution is 2.45. The van der Waals surface area contributed by atoms with Crippen LogP contribution in [-0.2, 0) is 0 Å². The van der Waals surface area contributed by atoms with Crippen LogP contribution in [-0.4, -0.2) is 0 Å². The first-order chi connectivity index (χ1) is 32.6. The average Bonchev–Trinajstić information content (AvgIpc) is 3.38. The highest BCUT2D eigenvalue weighted by molar-refractivity contribution is 6.24. The molecule has 0 aliphatic rings. The smallest absolute Gasteiger partial charge is 0.00202 e. The molecule has 0 saturated carbocycles. The maximum atomic E-state index is 2.41. The summed E-state index contributed by atoms with van der Waals surface area (Å²) in [6.07, 6.45) is 0. The SMILES string of the molecule is Cc1c2ccccc2c(-c2cc3cc4ccccc4cc3c3ccccc23)c2ccccc12.Cc1c2ccccc2c(-c2cccc3c2ccc2cc4ccccc4cc23)c2ccccc12. The number of aryl methyl sites for hydroxylation is 2.